The summed E-state index contributed by atoms with van der Waals surface area (Å²) in [4.78, 5) is 0. The molecule has 1 N–H and O–H groups in total. The van der Waals surface area contributed by atoms with Crippen LogP contribution in [-0.4, -0.2) is 5.11 Å². The van der Waals surface area contributed by atoms with Gasteiger partial charge >= 0.3 is 0 Å². The fourth-order valence-corrected chi connectivity index (χ4v) is 1.57. The van der Waals surface area contributed by atoms with Crippen molar-refractivity contribution in [3.8, 4) is 0 Å². The van der Waals surface area contributed by atoms with Crippen LogP contribution in [0.5, 0.6) is 0 Å². The van der Waals surface area contributed by atoms with Gasteiger partial charge in [0.2, 0.25) is 0 Å². The van der Waals surface area contributed by atoms with Gasteiger partial charge in [0.05, 0.1) is 12.5 Å². The molecule has 0 aliphatic rings. The average molecular weight is 224 g/mol. The summed E-state index contributed by atoms with van der Waals surface area (Å²) in [7, 11) is 0. The molecule has 1 atom stereocenters. The molecular formula is C12H10F2O2. The van der Waals surface area contributed by atoms with Gasteiger partial charge in [-0.15, -0.1) is 0 Å². The van der Waals surface area contributed by atoms with E-state index in [9.17, 15) is 13.9 Å². The monoisotopic (exact) mass is 224 g/mol. The molecule has 16 heavy (non-hydrogen) atoms. The highest BCUT2D eigenvalue weighted by molar-refractivity contribution is 5.34. The van der Waals surface area contributed by atoms with Crippen molar-refractivity contribution in [1.29, 1.82) is 0 Å². The molecule has 0 saturated heterocycles. The van der Waals surface area contributed by atoms with Crippen molar-refractivity contribution >= 4 is 0 Å². The molecule has 0 aliphatic carbocycles. The molecule has 1 aromatic carbocycles. The first-order valence-corrected chi connectivity index (χ1v) is 4.72. The summed E-state index contributed by atoms with van der Waals surface area (Å²) in [6, 6.07) is 4.47. The Labute approximate surface area is 91.1 Å². The van der Waals surface area contributed by atoms with E-state index in [4.69, 9.17) is 4.42 Å². The van der Waals surface area contributed by atoms with Gasteiger partial charge in [-0.25, -0.2) is 8.78 Å². The van der Waals surface area contributed by atoms with Gasteiger partial charge in [0, 0.05) is 11.1 Å². The Bertz CT molecular complexity index is 490. The highest BCUT2D eigenvalue weighted by atomic mass is 19.1. The zero-order chi connectivity index (χ0) is 11.8. The number of benzene rings is 1. The molecule has 0 amide bonds. The highest BCUT2D eigenvalue weighted by Crippen LogP contribution is 2.31. The van der Waals surface area contributed by atoms with Crippen molar-refractivity contribution in [3.05, 3.63) is 59.6 Å². The second-order valence-corrected chi connectivity index (χ2v) is 3.71. The Morgan fingerprint density at radius 3 is 2.62 bits per heavy atom. The predicted molar refractivity (Wildman–Crippen MR) is 53.7 cm³/mol. The van der Waals surface area contributed by atoms with Crippen molar-refractivity contribution in [1.82, 2.24) is 0 Å². The first-order valence-electron chi connectivity index (χ1n) is 4.72. The molecule has 0 radical (unpaired) electrons. The summed E-state index contributed by atoms with van der Waals surface area (Å²) in [6.07, 6.45) is 2.66. The molecule has 2 nitrogen and oxygen atoms in total. The fourth-order valence-electron chi connectivity index (χ4n) is 1.57. The van der Waals surface area contributed by atoms with Gasteiger partial charge < -0.3 is 9.52 Å². The second-order valence-electron chi connectivity index (χ2n) is 3.71. The van der Waals surface area contributed by atoms with Gasteiger partial charge in [0.15, 0.2) is 0 Å². The quantitative estimate of drug-likeness (QED) is 0.850. The number of furan rings is 1. The third-order valence-corrected chi connectivity index (χ3v) is 2.54. The standard InChI is InChI=1S/C12H10F2O2/c1-12(15,8-4-5-16-7-8)10-6-9(13)2-3-11(10)14/h2-7,15H,1H3. The fraction of sp³-hybridized carbons (Fsp3) is 0.167. The van der Waals surface area contributed by atoms with E-state index in [2.05, 4.69) is 0 Å². The second kappa shape index (κ2) is 3.72. The van der Waals surface area contributed by atoms with Gasteiger partial charge in [-0.1, -0.05) is 0 Å². The number of rotatable bonds is 2. The Morgan fingerprint density at radius 2 is 2.00 bits per heavy atom. The summed E-state index contributed by atoms with van der Waals surface area (Å²) in [6.45, 7) is 1.38. The normalized spacial score (nSPS) is 14.8. The lowest BCUT2D eigenvalue weighted by Gasteiger charge is -2.22. The molecule has 2 rings (SSSR count). The van der Waals surface area contributed by atoms with E-state index in [1.807, 2.05) is 0 Å². The van der Waals surface area contributed by atoms with Gasteiger partial charge in [0.25, 0.3) is 0 Å². The van der Waals surface area contributed by atoms with Crippen LogP contribution in [0.4, 0.5) is 8.78 Å². The van der Waals surface area contributed by atoms with Crippen LogP contribution in [0.1, 0.15) is 18.1 Å². The summed E-state index contributed by atoms with van der Waals surface area (Å²) in [5.41, 5.74) is -1.36. The molecule has 1 aromatic heterocycles. The van der Waals surface area contributed by atoms with E-state index in [0.717, 1.165) is 18.2 Å². The molecule has 0 saturated carbocycles. The topological polar surface area (TPSA) is 33.4 Å². The molecule has 0 spiro atoms. The zero-order valence-corrected chi connectivity index (χ0v) is 8.58. The average Bonchev–Trinajstić information content (AvgIpc) is 2.75. The van der Waals surface area contributed by atoms with E-state index >= 15 is 0 Å². The lowest BCUT2D eigenvalue weighted by molar-refractivity contribution is 0.0968. The van der Waals surface area contributed by atoms with Crippen molar-refractivity contribution in [2.24, 2.45) is 0 Å². The zero-order valence-electron chi connectivity index (χ0n) is 8.58. The van der Waals surface area contributed by atoms with Crippen LogP contribution in [0.15, 0.2) is 41.2 Å². The SMILES string of the molecule is CC(O)(c1ccoc1)c1cc(F)ccc1F. The molecule has 0 aliphatic heterocycles. The maximum Gasteiger partial charge on any atom is 0.129 e. The summed E-state index contributed by atoms with van der Waals surface area (Å²) >= 11 is 0. The van der Waals surface area contributed by atoms with Crippen molar-refractivity contribution in [2.75, 3.05) is 0 Å². The molecule has 84 valence electrons. The van der Waals surface area contributed by atoms with Gasteiger partial charge in [-0.3, -0.25) is 0 Å². The molecule has 1 unspecified atom stereocenters. The van der Waals surface area contributed by atoms with Crippen LogP contribution in [-0.2, 0) is 5.60 Å². The Balaban J connectivity index is 2.55. The number of aliphatic hydroxyl groups is 1. The molecular weight excluding hydrogens is 214 g/mol. The van der Waals surface area contributed by atoms with Crippen molar-refractivity contribution < 1.29 is 18.3 Å². The van der Waals surface area contributed by atoms with E-state index in [1.54, 1.807) is 0 Å². The maximum absolute atomic E-state index is 13.5. The van der Waals surface area contributed by atoms with Crippen LogP contribution in [0, 0.1) is 11.6 Å². The minimum absolute atomic E-state index is 0.117. The van der Waals surface area contributed by atoms with E-state index < -0.39 is 17.2 Å². The van der Waals surface area contributed by atoms with Crippen LogP contribution in [0.25, 0.3) is 0 Å². The van der Waals surface area contributed by atoms with Crippen LogP contribution < -0.4 is 0 Å². The lowest BCUT2D eigenvalue weighted by Crippen LogP contribution is -2.23. The molecule has 4 heteroatoms. The minimum Gasteiger partial charge on any atom is -0.472 e. The number of hydrogen-bond donors (Lipinski definition) is 1. The Kier molecular flexibility index (Phi) is 2.52. The molecule has 0 bridgehead atoms. The maximum atomic E-state index is 13.5. The third-order valence-electron chi connectivity index (χ3n) is 2.54. The van der Waals surface area contributed by atoms with Crippen LogP contribution >= 0.6 is 0 Å². The summed E-state index contributed by atoms with van der Waals surface area (Å²) in [5.74, 6) is -1.26. The summed E-state index contributed by atoms with van der Waals surface area (Å²) in [5, 5.41) is 10.2. The smallest absolute Gasteiger partial charge is 0.129 e. The Hall–Kier alpha value is -1.68. The molecule has 2 aromatic rings. The van der Waals surface area contributed by atoms with Crippen LogP contribution in [0.2, 0.25) is 0 Å². The highest BCUT2D eigenvalue weighted by Gasteiger charge is 2.30. The predicted octanol–water partition coefficient (Wildman–Crippen LogP) is 2.81. The number of hydrogen-bond acceptors (Lipinski definition) is 2. The third kappa shape index (κ3) is 1.72. The Morgan fingerprint density at radius 1 is 1.25 bits per heavy atom. The molecule has 1 heterocycles. The van der Waals surface area contributed by atoms with Crippen LogP contribution in [0.3, 0.4) is 0 Å². The van der Waals surface area contributed by atoms with Gasteiger partial charge in [-0.2, -0.15) is 0 Å². The minimum atomic E-state index is -1.61. The van der Waals surface area contributed by atoms with E-state index in [1.165, 1.54) is 25.5 Å². The first kappa shape index (κ1) is 10.8. The number of halogens is 2. The van der Waals surface area contributed by atoms with Gasteiger partial charge in [0.1, 0.15) is 17.2 Å². The van der Waals surface area contributed by atoms with Crippen molar-refractivity contribution in [2.45, 2.75) is 12.5 Å². The first-order chi connectivity index (χ1) is 7.51. The van der Waals surface area contributed by atoms with E-state index in [0.29, 0.717) is 5.56 Å². The van der Waals surface area contributed by atoms with Crippen molar-refractivity contribution in [3.63, 3.8) is 0 Å². The van der Waals surface area contributed by atoms with Gasteiger partial charge in [-0.05, 0) is 31.2 Å². The summed E-state index contributed by atoms with van der Waals surface area (Å²) < 4.78 is 31.3. The molecule has 0 fully saturated rings. The lowest BCUT2D eigenvalue weighted by atomic mass is 9.90. The largest absolute Gasteiger partial charge is 0.472 e. The van der Waals surface area contributed by atoms with E-state index in [-0.39, 0.29) is 5.56 Å².